The van der Waals surface area contributed by atoms with Gasteiger partial charge in [-0.15, -0.1) is 11.8 Å². The van der Waals surface area contributed by atoms with Gasteiger partial charge >= 0.3 is 0 Å². The number of thioether (sulfide) groups is 1. The van der Waals surface area contributed by atoms with Gasteiger partial charge in [0.2, 0.25) is 0 Å². The van der Waals surface area contributed by atoms with E-state index in [1.165, 1.54) is 24.3 Å². The average molecular weight is 269 g/mol. The molecule has 0 unspecified atom stereocenters. The maximum absolute atomic E-state index is 13.5. The molecule has 0 heterocycles. The van der Waals surface area contributed by atoms with Crippen molar-refractivity contribution < 1.29 is 13.2 Å². The van der Waals surface area contributed by atoms with Crippen molar-refractivity contribution in [2.24, 2.45) is 0 Å². The number of halogens is 3. The third kappa shape index (κ3) is 2.98. The van der Waals surface area contributed by atoms with Crippen LogP contribution in [0, 0.1) is 17.5 Å². The second-order valence-electron chi connectivity index (χ2n) is 3.71. The van der Waals surface area contributed by atoms with E-state index < -0.39 is 17.5 Å². The minimum Gasteiger partial charge on any atom is -0.399 e. The first-order chi connectivity index (χ1) is 8.56. The van der Waals surface area contributed by atoms with Crippen LogP contribution in [-0.4, -0.2) is 0 Å². The third-order valence-electron chi connectivity index (χ3n) is 2.35. The van der Waals surface area contributed by atoms with Gasteiger partial charge in [0.1, 0.15) is 17.5 Å². The van der Waals surface area contributed by atoms with E-state index >= 15 is 0 Å². The van der Waals surface area contributed by atoms with Crippen LogP contribution in [0.1, 0.15) is 5.56 Å². The number of anilines is 1. The molecular formula is C13H10F3NS. The Morgan fingerprint density at radius 2 is 1.72 bits per heavy atom. The van der Waals surface area contributed by atoms with Gasteiger partial charge in [0, 0.05) is 22.4 Å². The lowest BCUT2D eigenvalue weighted by Gasteiger charge is -2.05. The molecule has 0 radical (unpaired) electrons. The Bertz CT molecular complexity index is 521. The number of nitrogens with two attached hydrogens (primary N) is 1. The van der Waals surface area contributed by atoms with Crippen LogP contribution in [0.5, 0.6) is 0 Å². The fraction of sp³-hybridized carbons (Fsp3) is 0.0769. The van der Waals surface area contributed by atoms with Crippen molar-refractivity contribution in [2.45, 2.75) is 10.6 Å². The van der Waals surface area contributed by atoms with Gasteiger partial charge in [-0.25, -0.2) is 13.2 Å². The summed E-state index contributed by atoms with van der Waals surface area (Å²) in [6, 6.07) is 7.67. The lowest BCUT2D eigenvalue weighted by Crippen LogP contribution is -1.91. The summed E-state index contributed by atoms with van der Waals surface area (Å²) in [5, 5.41) is 0. The van der Waals surface area contributed by atoms with Crippen LogP contribution in [0.3, 0.4) is 0 Å². The minimum atomic E-state index is -0.627. The monoisotopic (exact) mass is 269 g/mol. The topological polar surface area (TPSA) is 26.0 Å². The molecule has 0 amide bonds. The quantitative estimate of drug-likeness (QED) is 0.673. The Hall–Kier alpha value is -1.62. The summed E-state index contributed by atoms with van der Waals surface area (Å²) in [5.74, 6) is -1.46. The molecule has 0 aliphatic rings. The van der Waals surface area contributed by atoms with Crippen molar-refractivity contribution in [3.8, 4) is 0 Å². The highest BCUT2D eigenvalue weighted by Gasteiger charge is 2.07. The molecule has 1 nitrogen and oxygen atoms in total. The zero-order valence-corrected chi connectivity index (χ0v) is 10.1. The minimum absolute atomic E-state index is 0.229. The predicted molar refractivity (Wildman–Crippen MR) is 66.7 cm³/mol. The zero-order chi connectivity index (χ0) is 13.1. The molecule has 94 valence electrons. The highest BCUT2D eigenvalue weighted by atomic mass is 32.2. The van der Waals surface area contributed by atoms with Crippen LogP contribution in [0.2, 0.25) is 0 Å². The molecule has 0 atom stereocenters. The fourth-order valence-electron chi connectivity index (χ4n) is 1.43. The van der Waals surface area contributed by atoms with Gasteiger partial charge in [-0.05, 0) is 29.8 Å². The van der Waals surface area contributed by atoms with Gasteiger partial charge in [-0.2, -0.15) is 0 Å². The zero-order valence-electron chi connectivity index (χ0n) is 9.29. The molecule has 0 aliphatic heterocycles. The molecule has 2 aromatic rings. The molecule has 2 aromatic carbocycles. The van der Waals surface area contributed by atoms with Gasteiger partial charge in [-0.1, -0.05) is 6.07 Å². The Kier molecular flexibility index (Phi) is 3.81. The maximum Gasteiger partial charge on any atom is 0.138 e. The molecule has 0 saturated heterocycles. The van der Waals surface area contributed by atoms with Gasteiger partial charge in [0.15, 0.2) is 0 Å². The van der Waals surface area contributed by atoms with Crippen LogP contribution in [0.25, 0.3) is 0 Å². The molecule has 0 aromatic heterocycles. The lowest BCUT2D eigenvalue weighted by molar-refractivity contribution is 0.576. The first-order valence-electron chi connectivity index (χ1n) is 5.18. The van der Waals surface area contributed by atoms with Gasteiger partial charge in [-0.3, -0.25) is 0 Å². The van der Waals surface area contributed by atoms with Crippen molar-refractivity contribution in [3.05, 3.63) is 59.4 Å². The summed E-state index contributed by atoms with van der Waals surface area (Å²) in [6.07, 6.45) is 0. The molecule has 0 aliphatic carbocycles. The Morgan fingerprint density at radius 1 is 0.944 bits per heavy atom. The second kappa shape index (κ2) is 5.35. The van der Waals surface area contributed by atoms with Crippen molar-refractivity contribution in [1.82, 2.24) is 0 Å². The summed E-state index contributed by atoms with van der Waals surface area (Å²) < 4.78 is 39.5. The van der Waals surface area contributed by atoms with Crippen LogP contribution in [0.4, 0.5) is 18.9 Å². The van der Waals surface area contributed by atoms with Gasteiger partial charge in [0.05, 0.1) is 0 Å². The Balaban J connectivity index is 2.11. The smallest absolute Gasteiger partial charge is 0.138 e. The molecule has 0 saturated carbocycles. The number of hydrogen-bond acceptors (Lipinski definition) is 2. The second-order valence-corrected chi connectivity index (χ2v) is 4.73. The van der Waals surface area contributed by atoms with E-state index in [2.05, 4.69) is 0 Å². The van der Waals surface area contributed by atoms with Crippen molar-refractivity contribution >= 4 is 17.4 Å². The number of benzene rings is 2. The first kappa shape index (κ1) is 12.8. The largest absolute Gasteiger partial charge is 0.399 e. The molecule has 2 rings (SSSR count). The van der Waals surface area contributed by atoms with E-state index in [1.54, 1.807) is 6.07 Å². The normalized spacial score (nSPS) is 10.6. The summed E-state index contributed by atoms with van der Waals surface area (Å²) in [4.78, 5) is 0.382. The average Bonchev–Trinajstić information content (AvgIpc) is 2.30. The van der Waals surface area contributed by atoms with Gasteiger partial charge < -0.3 is 5.73 Å². The molecule has 0 bridgehead atoms. The number of hydrogen-bond donors (Lipinski definition) is 1. The molecule has 5 heteroatoms. The highest BCUT2D eigenvalue weighted by Crippen LogP contribution is 2.27. The van der Waals surface area contributed by atoms with E-state index in [0.717, 1.165) is 17.8 Å². The van der Waals surface area contributed by atoms with Crippen LogP contribution in [0.15, 0.2) is 41.3 Å². The molecule has 0 fully saturated rings. The van der Waals surface area contributed by atoms with E-state index in [1.807, 2.05) is 0 Å². The summed E-state index contributed by atoms with van der Waals surface area (Å²) in [5.41, 5.74) is 6.09. The summed E-state index contributed by atoms with van der Waals surface area (Å²) >= 11 is 1.14. The SMILES string of the molecule is Nc1ccc(SCc2ccc(F)cc2F)c(F)c1. The van der Waals surface area contributed by atoms with E-state index in [-0.39, 0.29) is 5.75 Å². The van der Waals surface area contributed by atoms with E-state index in [0.29, 0.717) is 16.1 Å². The Labute approximate surface area is 107 Å². The molecule has 0 spiro atoms. The van der Waals surface area contributed by atoms with Crippen LogP contribution < -0.4 is 5.73 Å². The summed E-state index contributed by atoms with van der Waals surface area (Å²) in [6.45, 7) is 0. The maximum atomic E-state index is 13.5. The first-order valence-corrected chi connectivity index (χ1v) is 6.16. The highest BCUT2D eigenvalue weighted by molar-refractivity contribution is 7.98. The van der Waals surface area contributed by atoms with E-state index in [4.69, 9.17) is 5.73 Å². The van der Waals surface area contributed by atoms with Gasteiger partial charge in [0.25, 0.3) is 0 Å². The number of nitrogen functional groups attached to an aromatic ring is 1. The summed E-state index contributed by atoms with van der Waals surface area (Å²) in [7, 11) is 0. The van der Waals surface area contributed by atoms with E-state index in [9.17, 15) is 13.2 Å². The van der Waals surface area contributed by atoms with Crippen molar-refractivity contribution in [3.63, 3.8) is 0 Å². The molecule has 18 heavy (non-hydrogen) atoms. The molecule has 2 N–H and O–H groups in total. The third-order valence-corrected chi connectivity index (χ3v) is 3.45. The lowest BCUT2D eigenvalue weighted by atomic mass is 10.2. The predicted octanol–water partition coefficient (Wildman–Crippen LogP) is 3.98. The Morgan fingerprint density at radius 3 is 2.39 bits per heavy atom. The van der Waals surface area contributed by atoms with Crippen LogP contribution >= 0.6 is 11.8 Å². The molecular weight excluding hydrogens is 259 g/mol. The number of rotatable bonds is 3. The fourth-order valence-corrected chi connectivity index (χ4v) is 2.33. The van der Waals surface area contributed by atoms with Crippen molar-refractivity contribution in [1.29, 1.82) is 0 Å². The van der Waals surface area contributed by atoms with Crippen LogP contribution in [-0.2, 0) is 5.75 Å². The standard InChI is InChI=1S/C13H10F3NS/c14-9-2-1-8(11(15)5-9)7-18-13-4-3-10(17)6-12(13)16/h1-6H,7,17H2. The van der Waals surface area contributed by atoms with Crippen molar-refractivity contribution in [2.75, 3.05) is 5.73 Å².